The fourth-order valence-electron chi connectivity index (χ4n) is 7.96. The molecule has 4 amide bonds. The molecule has 4 heterocycles. The molecule has 2 aliphatic carbocycles. The molecule has 14 nitrogen and oxygen atoms in total. The van der Waals surface area contributed by atoms with Gasteiger partial charge in [0.1, 0.15) is 34.7 Å². The Balaban J connectivity index is 1.26. The van der Waals surface area contributed by atoms with Crippen molar-refractivity contribution >= 4 is 44.7 Å². The quantitative estimate of drug-likeness (QED) is 0.314. The zero-order valence-corrected chi connectivity index (χ0v) is 30.3. The van der Waals surface area contributed by atoms with E-state index in [1.807, 2.05) is 6.08 Å². The number of methoxy groups -OCH3 is 1. The van der Waals surface area contributed by atoms with Crippen molar-refractivity contribution in [1.82, 2.24) is 25.2 Å². The molecule has 0 unspecified atom stereocenters. The Morgan fingerprint density at radius 3 is 2.62 bits per heavy atom. The molecule has 7 rings (SSSR count). The average Bonchev–Trinajstić information content (AvgIpc) is 4.00. The third kappa shape index (κ3) is 6.76. The molecule has 2 aromatic rings. The number of ether oxygens (including phenoxy) is 2. The molecule has 1 aromatic carbocycles. The lowest BCUT2D eigenvalue weighted by Crippen LogP contribution is -2.58. The minimum Gasteiger partial charge on any atom is -0.497 e. The van der Waals surface area contributed by atoms with Crippen molar-refractivity contribution in [3.8, 4) is 11.5 Å². The first-order valence-corrected chi connectivity index (χ1v) is 19.4. The molecule has 5 aliphatic rings. The third-order valence-corrected chi connectivity index (χ3v) is 13.7. The number of amides is 4. The van der Waals surface area contributed by atoms with Crippen LogP contribution in [-0.2, 0) is 30.8 Å². The summed E-state index contributed by atoms with van der Waals surface area (Å²) in [7, 11) is -2.58. The number of sulfonamides is 1. The Morgan fingerprint density at radius 1 is 1.15 bits per heavy atom. The third-order valence-electron chi connectivity index (χ3n) is 11.5. The first kappa shape index (κ1) is 36.8. The topological polar surface area (TPSA) is 193 Å². The Kier molecular flexibility index (Phi) is 9.30. The maximum Gasteiger partial charge on any atom is 0.405 e. The highest BCUT2D eigenvalue weighted by atomic mass is 32.2. The zero-order valence-electron chi connectivity index (χ0n) is 29.5. The fourth-order valence-corrected chi connectivity index (χ4v) is 9.27. The lowest BCUT2D eigenvalue weighted by Gasteiger charge is -2.37. The van der Waals surface area contributed by atoms with Gasteiger partial charge in [0.15, 0.2) is 5.75 Å². The van der Waals surface area contributed by atoms with Gasteiger partial charge < -0.3 is 30.1 Å². The Labute approximate surface area is 305 Å². The smallest absolute Gasteiger partial charge is 0.405 e. The number of carbonyl (C=O) groups excluding carboxylic acids is 3. The molecule has 17 heteroatoms. The van der Waals surface area contributed by atoms with E-state index in [2.05, 4.69) is 20.3 Å². The largest absolute Gasteiger partial charge is 0.497 e. The second kappa shape index (κ2) is 13.4. The van der Waals surface area contributed by atoms with Crippen molar-refractivity contribution in [2.24, 2.45) is 5.92 Å². The van der Waals surface area contributed by atoms with Gasteiger partial charge in [0, 0.05) is 23.3 Å². The van der Waals surface area contributed by atoms with Gasteiger partial charge in [0.25, 0.3) is 12.3 Å². The highest BCUT2D eigenvalue weighted by Crippen LogP contribution is 2.50. The van der Waals surface area contributed by atoms with Gasteiger partial charge in [-0.05, 0) is 76.5 Å². The van der Waals surface area contributed by atoms with Crippen LogP contribution in [0.2, 0.25) is 0 Å². The van der Waals surface area contributed by atoms with Crippen LogP contribution in [0.1, 0.15) is 88.8 Å². The van der Waals surface area contributed by atoms with Crippen molar-refractivity contribution in [3.63, 3.8) is 0 Å². The van der Waals surface area contributed by atoms with Gasteiger partial charge >= 0.3 is 6.09 Å². The molecular formula is C36H43F2N5O9S. The zero-order chi connectivity index (χ0) is 37.9. The number of carbonyl (C=O) groups is 4. The Hall–Kier alpha value is -4.54. The maximum atomic E-state index is 14.6. The molecule has 286 valence electrons. The molecule has 1 saturated heterocycles. The predicted molar refractivity (Wildman–Crippen MR) is 186 cm³/mol. The molecule has 3 fully saturated rings. The monoisotopic (exact) mass is 759 g/mol. The van der Waals surface area contributed by atoms with Crippen LogP contribution in [-0.4, -0.2) is 88.8 Å². The molecule has 0 radical (unpaired) electrons. The summed E-state index contributed by atoms with van der Waals surface area (Å²) in [6.07, 6.45) is 3.01. The van der Waals surface area contributed by atoms with Crippen LogP contribution in [0.5, 0.6) is 11.5 Å². The van der Waals surface area contributed by atoms with Gasteiger partial charge in [-0.25, -0.2) is 27.0 Å². The summed E-state index contributed by atoms with van der Waals surface area (Å²) in [6.45, 7) is 1.30. The number of benzene rings is 1. The molecule has 0 bridgehead atoms. The molecular weight excluding hydrogens is 716 g/mol. The van der Waals surface area contributed by atoms with Crippen molar-refractivity contribution in [2.45, 2.75) is 112 Å². The highest BCUT2D eigenvalue weighted by molar-refractivity contribution is 7.91. The number of hydrogen-bond donors (Lipinski definition) is 4. The van der Waals surface area contributed by atoms with E-state index < -0.39 is 79.8 Å². The SMILES string of the molecule is COc1ccc2nc(C(F)F)c3c(c2c1)CC[C@]1(C[C@H]2C(=O)N[C@]4(C(=O)NS(=O)(=O)C5(C)CC5)C[C@H]4C=CCCCCC[C@H](NC(=O)O)C(=O)N2C1)O3. The number of carboxylic acid groups (broad SMARTS) is 1. The number of aromatic nitrogens is 1. The fraction of sp³-hybridized carbons (Fsp3) is 0.583. The molecule has 2 saturated carbocycles. The standard InChI is InChI=1S/C36H43F2N5O9S/c1-34(14-15-34)53(49,50)42-32(46)36-17-20(36)8-6-4-3-5-7-9-25(40-33(47)48)31(45)43-19-35(18-26(43)30(44)41-36)13-12-22-23-16-21(51-2)10-11-24(23)39-27(29(37)38)28(22)52-35/h6,8,10-11,16,20,25-26,29,40H,3-5,7,9,12-15,17-19H2,1-2H3,(H,41,44)(H,42,46)(H,47,48)/t20-,25+,26+,35-,36-/m1/s1. The first-order chi connectivity index (χ1) is 25.1. The number of fused-ring (bicyclic) bond motifs is 5. The number of hydrogen-bond acceptors (Lipinski definition) is 9. The molecule has 3 aliphatic heterocycles. The maximum absolute atomic E-state index is 14.6. The van der Waals surface area contributed by atoms with Gasteiger partial charge in [-0.3, -0.25) is 19.1 Å². The van der Waals surface area contributed by atoms with Crippen LogP contribution < -0.4 is 24.8 Å². The van der Waals surface area contributed by atoms with Gasteiger partial charge in [-0.1, -0.05) is 25.0 Å². The Morgan fingerprint density at radius 2 is 1.92 bits per heavy atom. The number of aryl methyl sites for hydroxylation is 1. The van der Waals surface area contributed by atoms with Crippen molar-refractivity contribution in [1.29, 1.82) is 0 Å². The molecule has 1 spiro atoms. The minimum atomic E-state index is -4.06. The normalized spacial score (nSPS) is 29.5. The van der Waals surface area contributed by atoms with E-state index in [1.54, 1.807) is 31.2 Å². The summed E-state index contributed by atoms with van der Waals surface area (Å²) in [5.74, 6) is -2.54. The van der Waals surface area contributed by atoms with E-state index in [0.717, 1.165) is 0 Å². The molecule has 53 heavy (non-hydrogen) atoms. The second-order valence-corrected chi connectivity index (χ2v) is 17.4. The average molecular weight is 760 g/mol. The number of nitrogens with zero attached hydrogens (tertiary/aromatic N) is 2. The molecule has 4 N–H and O–H groups in total. The minimum absolute atomic E-state index is 0.117. The van der Waals surface area contributed by atoms with Crippen molar-refractivity contribution in [2.75, 3.05) is 13.7 Å². The number of nitrogens with one attached hydrogen (secondary N) is 3. The van der Waals surface area contributed by atoms with Crippen LogP contribution in [0.4, 0.5) is 13.6 Å². The van der Waals surface area contributed by atoms with E-state index >= 15 is 0 Å². The summed E-state index contributed by atoms with van der Waals surface area (Å²) in [6, 6.07) is 2.34. The summed E-state index contributed by atoms with van der Waals surface area (Å²) in [5, 5.41) is 15.3. The second-order valence-electron chi connectivity index (χ2n) is 15.2. The molecule has 1 aromatic heterocycles. The van der Waals surface area contributed by atoms with Crippen molar-refractivity contribution < 1.29 is 51.0 Å². The van der Waals surface area contributed by atoms with Gasteiger partial charge in [0.2, 0.25) is 21.8 Å². The molecule has 5 atom stereocenters. The van der Waals surface area contributed by atoms with E-state index in [0.29, 0.717) is 60.7 Å². The Bertz CT molecular complexity index is 2010. The summed E-state index contributed by atoms with van der Waals surface area (Å²) in [5.41, 5.74) is -2.76. The lowest BCUT2D eigenvalue weighted by molar-refractivity contribution is -0.141. The number of rotatable bonds is 6. The van der Waals surface area contributed by atoms with Crippen LogP contribution in [0.15, 0.2) is 30.4 Å². The van der Waals surface area contributed by atoms with Crippen LogP contribution in [0.3, 0.4) is 0 Å². The lowest BCUT2D eigenvalue weighted by atomic mass is 9.87. The van der Waals surface area contributed by atoms with E-state index in [-0.39, 0.29) is 44.4 Å². The van der Waals surface area contributed by atoms with E-state index in [9.17, 15) is 41.5 Å². The number of allylic oxidation sites excluding steroid dienone is 1. The van der Waals surface area contributed by atoms with Gasteiger partial charge in [0.05, 0.1) is 23.9 Å². The predicted octanol–water partition coefficient (Wildman–Crippen LogP) is 3.88. The highest BCUT2D eigenvalue weighted by Gasteiger charge is 2.64. The number of pyridine rings is 1. The summed E-state index contributed by atoms with van der Waals surface area (Å²) in [4.78, 5) is 59.8. The number of alkyl halides is 2. The van der Waals surface area contributed by atoms with Crippen molar-refractivity contribution in [3.05, 3.63) is 41.6 Å². The van der Waals surface area contributed by atoms with Gasteiger partial charge in [-0.15, -0.1) is 0 Å². The van der Waals surface area contributed by atoms with Gasteiger partial charge in [-0.2, -0.15) is 0 Å². The van der Waals surface area contributed by atoms with E-state index in [4.69, 9.17) is 9.47 Å². The van der Waals surface area contributed by atoms with E-state index in [1.165, 1.54) is 12.0 Å². The summed E-state index contributed by atoms with van der Waals surface area (Å²) < 4.78 is 68.3. The van der Waals surface area contributed by atoms with Crippen LogP contribution >= 0.6 is 0 Å². The number of halogens is 2. The first-order valence-electron chi connectivity index (χ1n) is 17.9. The van der Waals surface area contributed by atoms with Crippen LogP contribution in [0.25, 0.3) is 10.9 Å². The van der Waals surface area contributed by atoms with Crippen LogP contribution in [0, 0.1) is 5.92 Å². The summed E-state index contributed by atoms with van der Waals surface area (Å²) >= 11 is 0.